The number of carbonyl (C=O) groups excluding carboxylic acids is 2. The fraction of sp³-hybridized carbons (Fsp3) is 0.258. The molecule has 0 N–H and O–H groups in total. The summed E-state index contributed by atoms with van der Waals surface area (Å²) < 4.78 is 25.3. The molecular weight excluding hydrogens is 499 g/mol. The zero-order valence-electron chi connectivity index (χ0n) is 22.1. The van der Waals surface area contributed by atoms with Gasteiger partial charge in [-0.05, 0) is 43.2 Å². The highest BCUT2D eigenvalue weighted by molar-refractivity contribution is 5.96. The molecule has 0 saturated heterocycles. The van der Waals surface area contributed by atoms with Crippen molar-refractivity contribution in [3.05, 3.63) is 117 Å². The normalized spacial score (nSPS) is 10.9. The average Bonchev–Trinajstić information content (AvgIpc) is 2.94. The Balaban J connectivity index is 1.64. The topological polar surface area (TPSA) is 80.1 Å². The molecule has 202 valence electrons. The van der Waals surface area contributed by atoms with Crippen molar-refractivity contribution in [1.82, 2.24) is 9.80 Å². The average molecular weight is 531 g/mol. The van der Waals surface area contributed by atoms with Crippen LogP contribution >= 0.6 is 0 Å². The SMILES string of the molecule is COCCCN(CC(=O)N(Cc1ccccc1)Cc1coc2ccc(C)cc2c1=O)C(=O)c1ccccc1F. The predicted molar refractivity (Wildman–Crippen MR) is 147 cm³/mol. The number of carbonyl (C=O) groups is 2. The van der Waals surface area contributed by atoms with E-state index in [-0.39, 0.29) is 43.1 Å². The van der Waals surface area contributed by atoms with E-state index in [0.717, 1.165) is 11.1 Å². The van der Waals surface area contributed by atoms with Crippen molar-refractivity contribution < 1.29 is 23.1 Å². The summed E-state index contributed by atoms with van der Waals surface area (Å²) in [5.41, 5.74) is 2.24. The summed E-state index contributed by atoms with van der Waals surface area (Å²) in [6, 6.07) is 20.4. The number of methoxy groups -OCH3 is 1. The molecule has 0 atom stereocenters. The van der Waals surface area contributed by atoms with Gasteiger partial charge in [-0.1, -0.05) is 54.1 Å². The Labute approximate surface area is 226 Å². The summed E-state index contributed by atoms with van der Waals surface area (Å²) in [5.74, 6) is -1.63. The first-order valence-corrected chi connectivity index (χ1v) is 12.7. The van der Waals surface area contributed by atoms with Crippen LogP contribution in [0.5, 0.6) is 0 Å². The summed E-state index contributed by atoms with van der Waals surface area (Å²) in [4.78, 5) is 43.1. The van der Waals surface area contributed by atoms with Crippen LogP contribution in [0.15, 0.2) is 88.3 Å². The van der Waals surface area contributed by atoms with Crippen molar-refractivity contribution in [2.24, 2.45) is 0 Å². The molecule has 39 heavy (non-hydrogen) atoms. The van der Waals surface area contributed by atoms with Crippen LogP contribution in [0, 0.1) is 12.7 Å². The molecule has 8 heteroatoms. The number of nitrogens with zero attached hydrogens (tertiary/aromatic N) is 2. The third-order valence-corrected chi connectivity index (χ3v) is 6.42. The van der Waals surface area contributed by atoms with E-state index in [1.54, 1.807) is 25.3 Å². The lowest BCUT2D eigenvalue weighted by molar-refractivity contribution is -0.133. The van der Waals surface area contributed by atoms with E-state index in [2.05, 4.69) is 0 Å². The first-order chi connectivity index (χ1) is 18.9. The van der Waals surface area contributed by atoms with Crippen molar-refractivity contribution >= 4 is 22.8 Å². The van der Waals surface area contributed by atoms with Crippen LogP contribution in [0.2, 0.25) is 0 Å². The number of halogens is 1. The quantitative estimate of drug-likeness (QED) is 0.257. The smallest absolute Gasteiger partial charge is 0.257 e. The van der Waals surface area contributed by atoms with Gasteiger partial charge in [0.25, 0.3) is 5.91 Å². The molecule has 0 saturated carbocycles. The number of hydrogen-bond donors (Lipinski definition) is 0. The number of aryl methyl sites for hydroxylation is 1. The monoisotopic (exact) mass is 530 g/mol. The van der Waals surface area contributed by atoms with Crippen LogP contribution in [0.4, 0.5) is 4.39 Å². The molecule has 0 aliphatic heterocycles. The summed E-state index contributed by atoms with van der Waals surface area (Å²) in [6.07, 6.45) is 1.85. The predicted octanol–water partition coefficient (Wildman–Crippen LogP) is 4.95. The highest BCUT2D eigenvalue weighted by atomic mass is 19.1. The van der Waals surface area contributed by atoms with Crippen LogP contribution in [0.1, 0.15) is 33.5 Å². The maximum atomic E-state index is 14.4. The minimum atomic E-state index is -0.656. The van der Waals surface area contributed by atoms with Crippen LogP contribution < -0.4 is 5.43 Å². The van der Waals surface area contributed by atoms with E-state index in [9.17, 15) is 18.8 Å². The molecule has 0 aliphatic rings. The van der Waals surface area contributed by atoms with Gasteiger partial charge in [0.15, 0.2) is 5.43 Å². The summed E-state index contributed by atoms with van der Waals surface area (Å²) in [6.45, 7) is 2.37. The third kappa shape index (κ3) is 6.97. The highest BCUT2D eigenvalue weighted by Gasteiger charge is 2.25. The Bertz CT molecular complexity index is 1500. The molecule has 7 nitrogen and oxygen atoms in total. The minimum absolute atomic E-state index is 0.0141. The first-order valence-electron chi connectivity index (χ1n) is 12.7. The lowest BCUT2D eigenvalue weighted by Gasteiger charge is -2.28. The Morgan fingerprint density at radius 2 is 1.69 bits per heavy atom. The van der Waals surface area contributed by atoms with Gasteiger partial charge in [0.05, 0.1) is 29.3 Å². The molecule has 2 amide bonds. The molecule has 0 spiro atoms. The van der Waals surface area contributed by atoms with E-state index in [1.165, 1.54) is 34.3 Å². The van der Waals surface area contributed by atoms with Gasteiger partial charge in [0.1, 0.15) is 17.9 Å². The third-order valence-electron chi connectivity index (χ3n) is 6.42. The molecule has 1 heterocycles. The minimum Gasteiger partial charge on any atom is -0.464 e. The number of fused-ring (bicyclic) bond motifs is 1. The first kappa shape index (κ1) is 27.7. The fourth-order valence-corrected chi connectivity index (χ4v) is 4.36. The maximum absolute atomic E-state index is 14.4. The molecule has 0 aliphatic carbocycles. The van der Waals surface area contributed by atoms with E-state index in [0.29, 0.717) is 29.6 Å². The van der Waals surface area contributed by atoms with Gasteiger partial charge in [-0.3, -0.25) is 14.4 Å². The number of ether oxygens (including phenoxy) is 1. The van der Waals surface area contributed by atoms with Gasteiger partial charge in [0.2, 0.25) is 5.91 Å². The van der Waals surface area contributed by atoms with Crippen LogP contribution in [0.25, 0.3) is 11.0 Å². The van der Waals surface area contributed by atoms with E-state index in [4.69, 9.17) is 9.15 Å². The lowest BCUT2D eigenvalue weighted by Crippen LogP contribution is -2.43. The molecule has 4 rings (SSSR count). The van der Waals surface area contributed by atoms with E-state index in [1.807, 2.05) is 43.3 Å². The number of hydrogen-bond acceptors (Lipinski definition) is 5. The Kier molecular flexibility index (Phi) is 9.22. The van der Waals surface area contributed by atoms with Gasteiger partial charge >= 0.3 is 0 Å². The lowest BCUT2D eigenvalue weighted by atomic mass is 10.1. The van der Waals surface area contributed by atoms with E-state index < -0.39 is 11.7 Å². The van der Waals surface area contributed by atoms with Crippen LogP contribution in [0.3, 0.4) is 0 Å². The van der Waals surface area contributed by atoms with Crippen molar-refractivity contribution in [2.45, 2.75) is 26.4 Å². The Morgan fingerprint density at radius 3 is 2.44 bits per heavy atom. The van der Waals surface area contributed by atoms with Gasteiger partial charge in [-0.2, -0.15) is 0 Å². The largest absolute Gasteiger partial charge is 0.464 e. The second-order valence-corrected chi connectivity index (χ2v) is 9.38. The van der Waals surface area contributed by atoms with Gasteiger partial charge in [-0.25, -0.2) is 4.39 Å². The van der Waals surface area contributed by atoms with Crippen molar-refractivity contribution in [2.75, 3.05) is 26.8 Å². The zero-order chi connectivity index (χ0) is 27.8. The summed E-state index contributed by atoms with van der Waals surface area (Å²) in [7, 11) is 1.55. The maximum Gasteiger partial charge on any atom is 0.257 e. The molecule has 0 radical (unpaired) electrons. The Morgan fingerprint density at radius 1 is 0.949 bits per heavy atom. The molecule has 0 unspecified atom stereocenters. The highest BCUT2D eigenvalue weighted by Crippen LogP contribution is 2.17. The zero-order valence-corrected chi connectivity index (χ0v) is 22.1. The van der Waals surface area contributed by atoms with Crippen molar-refractivity contribution in [3.63, 3.8) is 0 Å². The van der Waals surface area contributed by atoms with Crippen LogP contribution in [-0.4, -0.2) is 48.4 Å². The summed E-state index contributed by atoms with van der Waals surface area (Å²) >= 11 is 0. The molecule has 1 aromatic heterocycles. The number of rotatable bonds is 11. The number of benzene rings is 3. The Hall–Kier alpha value is -4.30. The number of amides is 2. The van der Waals surface area contributed by atoms with Gasteiger partial charge in [-0.15, -0.1) is 0 Å². The molecule has 0 bridgehead atoms. The van der Waals surface area contributed by atoms with Crippen molar-refractivity contribution in [3.8, 4) is 0 Å². The fourth-order valence-electron chi connectivity index (χ4n) is 4.36. The summed E-state index contributed by atoms with van der Waals surface area (Å²) in [5, 5.41) is 0.440. The van der Waals surface area contributed by atoms with Gasteiger partial charge < -0.3 is 19.0 Å². The second kappa shape index (κ2) is 13.0. The van der Waals surface area contributed by atoms with Crippen LogP contribution in [-0.2, 0) is 22.6 Å². The van der Waals surface area contributed by atoms with Gasteiger partial charge in [0, 0.05) is 26.8 Å². The molecule has 0 fully saturated rings. The molecule has 3 aromatic carbocycles. The molecule has 4 aromatic rings. The van der Waals surface area contributed by atoms with Crippen molar-refractivity contribution in [1.29, 1.82) is 0 Å². The van der Waals surface area contributed by atoms with E-state index >= 15 is 0 Å². The molecular formula is C31H31FN2O5. The second-order valence-electron chi connectivity index (χ2n) is 9.38. The standard InChI is InChI=1S/C31H31FN2O5/c1-22-13-14-28-26(17-22)30(36)24(21-39-28)19-34(18-23-9-4-3-5-10-23)29(35)20-33(15-8-16-38-2)31(37)25-11-6-7-12-27(25)32/h3-7,9-14,17,21H,8,15-16,18-20H2,1-2H3.